The summed E-state index contributed by atoms with van der Waals surface area (Å²) in [4.78, 5) is 0. The Hall–Kier alpha value is -1.92. The van der Waals surface area contributed by atoms with Crippen LogP contribution in [0.5, 0.6) is 0 Å². The van der Waals surface area contributed by atoms with Crippen LogP contribution in [0.15, 0.2) is 36.6 Å². The van der Waals surface area contributed by atoms with Gasteiger partial charge in [0.15, 0.2) is 0 Å². The number of benzene rings is 1. The molecule has 0 bridgehead atoms. The molecule has 0 aliphatic carbocycles. The molecule has 1 aromatic rings. The normalized spacial score (nSPS) is 13.2. The van der Waals surface area contributed by atoms with E-state index in [-0.39, 0.29) is 11.6 Å². The molecule has 0 saturated carbocycles. The van der Waals surface area contributed by atoms with E-state index in [4.69, 9.17) is 4.74 Å². The highest BCUT2D eigenvalue weighted by Crippen LogP contribution is 2.39. The number of rotatable bonds is 4. The molecule has 0 amide bonds. The van der Waals surface area contributed by atoms with Crippen LogP contribution in [0, 0.1) is 0 Å². The van der Waals surface area contributed by atoms with E-state index < -0.39 is 29.0 Å². The lowest BCUT2D eigenvalue weighted by molar-refractivity contribution is -0.143. The average Bonchev–Trinajstić information content (AvgIpc) is 2.41. The Kier molecular flexibility index (Phi) is 5.32. The maximum absolute atomic E-state index is 13.0. The molecule has 0 saturated heterocycles. The van der Waals surface area contributed by atoms with Crippen LogP contribution < -0.4 is 0 Å². The van der Waals surface area contributed by atoms with Gasteiger partial charge in [0.05, 0.1) is 24.0 Å². The molecule has 0 atom stereocenters. The first-order valence-corrected chi connectivity index (χ1v) is 6.23. The highest BCUT2D eigenvalue weighted by atomic mass is 19.4. The monoisotopic (exact) mass is 324 g/mol. The Morgan fingerprint density at radius 2 is 1.73 bits per heavy atom. The number of alkyl halides is 6. The molecule has 122 valence electrons. The lowest BCUT2D eigenvalue weighted by Gasteiger charge is -2.16. The topological polar surface area (TPSA) is 9.23 Å². The Morgan fingerprint density at radius 3 is 2.14 bits per heavy atom. The summed E-state index contributed by atoms with van der Waals surface area (Å²) in [6.07, 6.45) is -8.08. The fraction of sp³-hybridized carbons (Fsp3) is 0.333. The van der Waals surface area contributed by atoms with Crippen LogP contribution in [-0.4, -0.2) is 7.11 Å². The van der Waals surface area contributed by atoms with Crippen LogP contribution in [0.3, 0.4) is 0 Å². The molecule has 1 aromatic carbocycles. The van der Waals surface area contributed by atoms with Gasteiger partial charge in [0.2, 0.25) is 0 Å². The maximum atomic E-state index is 13.0. The van der Waals surface area contributed by atoms with E-state index in [1.807, 2.05) is 0 Å². The molecule has 0 aliphatic rings. The lowest BCUT2D eigenvalue weighted by Crippen LogP contribution is -2.13. The van der Waals surface area contributed by atoms with Crippen molar-refractivity contribution in [1.29, 1.82) is 0 Å². The molecule has 0 spiro atoms. The van der Waals surface area contributed by atoms with Gasteiger partial charge in [-0.2, -0.15) is 26.3 Å². The van der Waals surface area contributed by atoms with Gasteiger partial charge in [0.1, 0.15) is 0 Å². The van der Waals surface area contributed by atoms with Gasteiger partial charge in [-0.1, -0.05) is 19.6 Å². The van der Waals surface area contributed by atoms with Crippen molar-refractivity contribution < 1.29 is 31.1 Å². The van der Waals surface area contributed by atoms with Gasteiger partial charge < -0.3 is 4.74 Å². The summed E-state index contributed by atoms with van der Waals surface area (Å²) in [5.41, 5.74) is -3.22. The second kappa shape index (κ2) is 6.46. The summed E-state index contributed by atoms with van der Waals surface area (Å²) in [5.74, 6) is 0.373. The Labute approximate surface area is 123 Å². The third-order valence-corrected chi connectivity index (χ3v) is 2.94. The van der Waals surface area contributed by atoms with Crippen LogP contribution in [0.1, 0.15) is 30.0 Å². The molecular formula is C15H14F6O. The lowest BCUT2D eigenvalue weighted by atomic mass is 9.97. The maximum Gasteiger partial charge on any atom is 0.417 e. The van der Waals surface area contributed by atoms with Gasteiger partial charge in [0, 0.05) is 6.42 Å². The molecule has 1 rings (SSSR count). The zero-order valence-corrected chi connectivity index (χ0v) is 11.9. The van der Waals surface area contributed by atoms with Gasteiger partial charge in [0.25, 0.3) is 0 Å². The van der Waals surface area contributed by atoms with Gasteiger partial charge >= 0.3 is 12.4 Å². The number of allylic oxidation sites excluding steroid dienone is 3. The van der Waals surface area contributed by atoms with Crippen molar-refractivity contribution in [3.63, 3.8) is 0 Å². The van der Waals surface area contributed by atoms with Crippen molar-refractivity contribution in [3.05, 3.63) is 53.3 Å². The van der Waals surface area contributed by atoms with Gasteiger partial charge in [-0.05, 0) is 29.3 Å². The third-order valence-electron chi connectivity index (χ3n) is 2.94. The van der Waals surface area contributed by atoms with Crippen LogP contribution >= 0.6 is 0 Å². The van der Waals surface area contributed by atoms with Crippen molar-refractivity contribution in [3.8, 4) is 0 Å². The minimum atomic E-state index is -4.92. The molecule has 0 N–H and O–H groups in total. The van der Waals surface area contributed by atoms with Crippen molar-refractivity contribution in [2.24, 2.45) is 0 Å². The number of ether oxygens (including phenoxy) is 1. The molecule has 0 fully saturated rings. The number of methoxy groups -OCH3 is 1. The Balaban J connectivity index is 3.43. The van der Waals surface area contributed by atoms with E-state index in [1.165, 1.54) is 13.2 Å². The van der Waals surface area contributed by atoms with Gasteiger partial charge in [-0.3, -0.25) is 0 Å². The van der Waals surface area contributed by atoms with Crippen LogP contribution in [0.4, 0.5) is 26.3 Å². The van der Waals surface area contributed by atoms with E-state index in [9.17, 15) is 26.3 Å². The highest BCUT2D eigenvalue weighted by molar-refractivity contribution is 5.75. The van der Waals surface area contributed by atoms with Crippen LogP contribution in [0.25, 0.3) is 5.57 Å². The fourth-order valence-corrected chi connectivity index (χ4v) is 1.81. The first kappa shape index (κ1) is 18.1. The molecule has 0 radical (unpaired) electrons. The minimum Gasteiger partial charge on any atom is -0.501 e. The first-order chi connectivity index (χ1) is 10.0. The van der Waals surface area contributed by atoms with Crippen LogP contribution in [0.2, 0.25) is 0 Å². The van der Waals surface area contributed by atoms with Crippen molar-refractivity contribution in [2.75, 3.05) is 7.11 Å². The van der Waals surface area contributed by atoms with E-state index >= 15 is 0 Å². The predicted octanol–water partition coefficient (Wildman–Crippen LogP) is 5.68. The highest BCUT2D eigenvalue weighted by Gasteiger charge is 2.38. The Morgan fingerprint density at radius 1 is 1.14 bits per heavy atom. The van der Waals surface area contributed by atoms with E-state index in [0.29, 0.717) is 18.2 Å². The molecule has 1 nitrogen and oxygen atoms in total. The quantitative estimate of drug-likeness (QED) is 0.393. The predicted molar refractivity (Wildman–Crippen MR) is 70.9 cm³/mol. The SMILES string of the molecule is C=C(/C=C(/CC)OC)c1ccc(C(F)(F)F)cc1C(F)(F)F. The number of halogens is 6. The van der Waals surface area contributed by atoms with Crippen molar-refractivity contribution in [2.45, 2.75) is 25.7 Å². The van der Waals surface area contributed by atoms with Crippen molar-refractivity contribution >= 4 is 5.57 Å². The van der Waals surface area contributed by atoms with Crippen LogP contribution in [-0.2, 0) is 17.1 Å². The average molecular weight is 324 g/mol. The zero-order valence-electron chi connectivity index (χ0n) is 11.9. The summed E-state index contributed by atoms with van der Waals surface area (Å²) >= 11 is 0. The largest absolute Gasteiger partial charge is 0.501 e. The number of hydrogen-bond donors (Lipinski definition) is 0. The molecule has 0 unspecified atom stereocenters. The van der Waals surface area contributed by atoms with Gasteiger partial charge in [-0.25, -0.2) is 0 Å². The smallest absolute Gasteiger partial charge is 0.417 e. The molecule has 22 heavy (non-hydrogen) atoms. The fourth-order valence-electron chi connectivity index (χ4n) is 1.81. The second-order valence-corrected chi connectivity index (χ2v) is 4.45. The number of hydrogen-bond acceptors (Lipinski definition) is 1. The summed E-state index contributed by atoms with van der Waals surface area (Å²) < 4.78 is 81.7. The molecule has 0 aromatic heterocycles. The molecule has 0 heterocycles. The van der Waals surface area contributed by atoms with E-state index in [1.54, 1.807) is 6.92 Å². The summed E-state index contributed by atoms with van der Waals surface area (Å²) in [7, 11) is 1.35. The van der Waals surface area contributed by atoms with Gasteiger partial charge in [-0.15, -0.1) is 0 Å². The third kappa shape index (κ3) is 4.29. The summed E-state index contributed by atoms with van der Waals surface area (Å²) in [5, 5.41) is 0. The zero-order chi connectivity index (χ0) is 17.1. The minimum absolute atomic E-state index is 0.0697. The second-order valence-electron chi connectivity index (χ2n) is 4.45. The summed E-state index contributed by atoms with van der Waals surface area (Å²) in [6.45, 7) is 5.21. The van der Waals surface area contributed by atoms with Crippen molar-refractivity contribution in [1.82, 2.24) is 0 Å². The van der Waals surface area contributed by atoms with E-state index in [2.05, 4.69) is 6.58 Å². The first-order valence-electron chi connectivity index (χ1n) is 6.23. The van der Waals surface area contributed by atoms with E-state index in [0.717, 1.165) is 6.07 Å². The standard InChI is InChI=1S/C15H14F6O/c1-4-11(22-3)7-9(2)12-6-5-10(14(16,17)18)8-13(12)15(19,20)21/h5-8H,2,4H2,1,3H3/b11-7-. The molecular weight excluding hydrogens is 310 g/mol. The molecule has 7 heteroatoms. The Bertz CT molecular complexity index is 575. The summed E-state index contributed by atoms with van der Waals surface area (Å²) in [6, 6.07) is 1.46. The molecule has 0 aliphatic heterocycles.